The van der Waals surface area contributed by atoms with Crippen LogP contribution in [0.4, 0.5) is 4.79 Å². The molecule has 0 heterocycles. The van der Waals surface area contributed by atoms with E-state index in [-0.39, 0.29) is 18.4 Å². The summed E-state index contributed by atoms with van der Waals surface area (Å²) in [4.78, 5) is 21.8. The number of aliphatic carboxylic acids is 1. The lowest BCUT2D eigenvalue weighted by Crippen LogP contribution is -2.38. The topological polar surface area (TPSA) is 96.9 Å². The standard InChI is InChI=1S/C12H24N2O5/c1-10(8-11(15)16)9-14-12(17)13-4-3-5-19-7-6-18-2/h10H,3-9H2,1-2H3,(H,15,16)(H2,13,14,17). The number of carbonyl (C=O) groups excluding carboxylic acids is 1. The molecule has 0 radical (unpaired) electrons. The van der Waals surface area contributed by atoms with E-state index in [0.717, 1.165) is 6.42 Å². The second-order valence-electron chi connectivity index (χ2n) is 4.30. The molecule has 112 valence electrons. The lowest BCUT2D eigenvalue weighted by Gasteiger charge is -2.11. The van der Waals surface area contributed by atoms with Gasteiger partial charge < -0.3 is 25.2 Å². The first-order valence-electron chi connectivity index (χ1n) is 6.36. The molecule has 0 saturated carbocycles. The summed E-state index contributed by atoms with van der Waals surface area (Å²) >= 11 is 0. The molecular formula is C12H24N2O5. The number of rotatable bonds is 11. The van der Waals surface area contributed by atoms with Crippen LogP contribution in [0.15, 0.2) is 0 Å². The highest BCUT2D eigenvalue weighted by atomic mass is 16.5. The second kappa shape index (κ2) is 11.7. The van der Waals surface area contributed by atoms with Gasteiger partial charge in [0.2, 0.25) is 0 Å². The van der Waals surface area contributed by atoms with Gasteiger partial charge in [0, 0.05) is 33.2 Å². The van der Waals surface area contributed by atoms with Crippen molar-refractivity contribution in [2.75, 3.05) is 40.0 Å². The van der Waals surface area contributed by atoms with Crippen molar-refractivity contribution in [2.24, 2.45) is 5.92 Å². The molecule has 0 spiro atoms. The maximum absolute atomic E-state index is 11.3. The lowest BCUT2D eigenvalue weighted by atomic mass is 10.1. The molecule has 0 aromatic heterocycles. The SMILES string of the molecule is COCCOCCCNC(=O)NCC(C)CC(=O)O. The highest BCUT2D eigenvalue weighted by molar-refractivity contribution is 5.73. The van der Waals surface area contributed by atoms with E-state index in [1.54, 1.807) is 14.0 Å². The Morgan fingerprint density at radius 1 is 1.21 bits per heavy atom. The molecule has 0 aliphatic carbocycles. The quantitative estimate of drug-likeness (QED) is 0.476. The number of amides is 2. The molecule has 1 unspecified atom stereocenters. The first-order chi connectivity index (χ1) is 9.06. The largest absolute Gasteiger partial charge is 0.481 e. The molecule has 0 bridgehead atoms. The van der Waals surface area contributed by atoms with Crippen LogP contribution in [0.2, 0.25) is 0 Å². The van der Waals surface area contributed by atoms with Crippen molar-refractivity contribution < 1.29 is 24.2 Å². The number of carbonyl (C=O) groups is 2. The van der Waals surface area contributed by atoms with E-state index in [1.807, 2.05) is 0 Å². The summed E-state index contributed by atoms with van der Waals surface area (Å²) in [6, 6.07) is -0.283. The Morgan fingerprint density at radius 2 is 1.95 bits per heavy atom. The Bertz CT molecular complexity index is 261. The summed E-state index contributed by atoms with van der Waals surface area (Å²) in [5, 5.41) is 13.9. The fourth-order valence-corrected chi connectivity index (χ4v) is 1.32. The Labute approximate surface area is 113 Å². The predicted octanol–water partition coefficient (Wildman–Crippen LogP) is 0.450. The van der Waals surface area contributed by atoms with Crippen molar-refractivity contribution in [3.8, 4) is 0 Å². The van der Waals surface area contributed by atoms with Crippen molar-refractivity contribution in [3.63, 3.8) is 0 Å². The zero-order valence-corrected chi connectivity index (χ0v) is 11.6. The van der Waals surface area contributed by atoms with Crippen LogP contribution >= 0.6 is 0 Å². The van der Waals surface area contributed by atoms with E-state index in [1.165, 1.54) is 0 Å². The van der Waals surface area contributed by atoms with Gasteiger partial charge in [0.05, 0.1) is 13.2 Å². The van der Waals surface area contributed by atoms with Crippen LogP contribution in [-0.2, 0) is 14.3 Å². The average molecular weight is 276 g/mol. The van der Waals surface area contributed by atoms with Crippen LogP contribution < -0.4 is 10.6 Å². The van der Waals surface area contributed by atoms with Gasteiger partial charge in [-0.25, -0.2) is 4.79 Å². The van der Waals surface area contributed by atoms with Crippen LogP contribution in [0.1, 0.15) is 19.8 Å². The van der Waals surface area contributed by atoms with Crippen LogP contribution in [-0.4, -0.2) is 57.1 Å². The van der Waals surface area contributed by atoms with Crippen molar-refractivity contribution in [1.29, 1.82) is 0 Å². The Hall–Kier alpha value is -1.34. The van der Waals surface area contributed by atoms with Crippen molar-refractivity contribution in [3.05, 3.63) is 0 Å². The summed E-state index contributed by atoms with van der Waals surface area (Å²) in [5.41, 5.74) is 0. The van der Waals surface area contributed by atoms with Gasteiger partial charge in [0.15, 0.2) is 0 Å². The van der Waals surface area contributed by atoms with Crippen molar-refractivity contribution in [1.82, 2.24) is 10.6 Å². The summed E-state index contributed by atoms with van der Waals surface area (Å²) in [5.74, 6) is -0.941. The predicted molar refractivity (Wildman–Crippen MR) is 70.1 cm³/mol. The highest BCUT2D eigenvalue weighted by Crippen LogP contribution is 1.98. The molecule has 7 nitrogen and oxygen atoms in total. The van der Waals surface area contributed by atoms with Crippen molar-refractivity contribution >= 4 is 12.0 Å². The summed E-state index contributed by atoms with van der Waals surface area (Å²) in [7, 11) is 1.61. The first kappa shape index (κ1) is 17.7. The summed E-state index contributed by atoms with van der Waals surface area (Å²) < 4.78 is 10.1. The van der Waals surface area contributed by atoms with E-state index in [4.69, 9.17) is 14.6 Å². The third-order valence-corrected chi connectivity index (χ3v) is 2.32. The van der Waals surface area contributed by atoms with Crippen LogP contribution in [0.5, 0.6) is 0 Å². The van der Waals surface area contributed by atoms with E-state index in [0.29, 0.717) is 32.9 Å². The summed E-state index contributed by atoms with van der Waals surface area (Å²) in [6.07, 6.45) is 0.773. The zero-order valence-electron chi connectivity index (χ0n) is 11.6. The van der Waals surface area contributed by atoms with Gasteiger partial charge in [-0.2, -0.15) is 0 Å². The van der Waals surface area contributed by atoms with Gasteiger partial charge in [-0.15, -0.1) is 0 Å². The molecule has 0 aromatic rings. The lowest BCUT2D eigenvalue weighted by molar-refractivity contribution is -0.137. The molecule has 2 amide bonds. The fraction of sp³-hybridized carbons (Fsp3) is 0.833. The molecule has 7 heteroatoms. The fourth-order valence-electron chi connectivity index (χ4n) is 1.32. The first-order valence-corrected chi connectivity index (χ1v) is 6.36. The zero-order chi connectivity index (χ0) is 14.5. The third-order valence-electron chi connectivity index (χ3n) is 2.32. The minimum Gasteiger partial charge on any atom is -0.481 e. The van der Waals surface area contributed by atoms with Gasteiger partial charge in [-0.3, -0.25) is 4.79 Å². The van der Waals surface area contributed by atoms with Gasteiger partial charge >= 0.3 is 12.0 Å². The smallest absolute Gasteiger partial charge is 0.314 e. The molecule has 1 atom stereocenters. The molecule has 0 fully saturated rings. The van der Waals surface area contributed by atoms with Crippen LogP contribution in [0.3, 0.4) is 0 Å². The summed E-state index contributed by atoms with van der Waals surface area (Å²) in [6.45, 7) is 4.33. The Balaban J connectivity index is 3.37. The highest BCUT2D eigenvalue weighted by Gasteiger charge is 2.08. The molecular weight excluding hydrogens is 252 g/mol. The molecule has 0 aliphatic rings. The molecule has 0 aromatic carbocycles. The number of carboxylic acids is 1. The number of hydrogen-bond acceptors (Lipinski definition) is 4. The minimum absolute atomic E-state index is 0.0492. The molecule has 19 heavy (non-hydrogen) atoms. The molecule has 0 rings (SSSR count). The second-order valence-corrected chi connectivity index (χ2v) is 4.30. The van der Waals surface area contributed by atoms with Crippen LogP contribution in [0.25, 0.3) is 0 Å². The Morgan fingerprint density at radius 3 is 2.58 bits per heavy atom. The van der Waals surface area contributed by atoms with Crippen LogP contribution in [0, 0.1) is 5.92 Å². The molecule has 0 saturated heterocycles. The third kappa shape index (κ3) is 12.9. The molecule has 3 N–H and O–H groups in total. The van der Waals surface area contributed by atoms with Gasteiger partial charge in [0.1, 0.15) is 0 Å². The monoisotopic (exact) mass is 276 g/mol. The van der Waals surface area contributed by atoms with Crippen molar-refractivity contribution in [2.45, 2.75) is 19.8 Å². The van der Waals surface area contributed by atoms with Gasteiger partial charge in [-0.1, -0.05) is 6.92 Å². The molecule has 0 aliphatic heterocycles. The van der Waals surface area contributed by atoms with Gasteiger partial charge in [-0.05, 0) is 12.3 Å². The van der Waals surface area contributed by atoms with E-state index < -0.39 is 5.97 Å². The maximum atomic E-state index is 11.3. The number of hydrogen-bond donors (Lipinski definition) is 3. The average Bonchev–Trinajstić information content (AvgIpc) is 2.34. The van der Waals surface area contributed by atoms with E-state index in [2.05, 4.69) is 10.6 Å². The maximum Gasteiger partial charge on any atom is 0.314 e. The number of ether oxygens (including phenoxy) is 2. The normalized spacial score (nSPS) is 11.9. The van der Waals surface area contributed by atoms with E-state index >= 15 is 0 Å². The number of urea groups is 1. The number of nitrogens with one attached hydrogen (secondary N) is 2. The minimum atomic E-state index is -0.858. The van der Waals surface area contributed by atoms with Gasteiger partial charge in [0.25, 0.3) is 0 Å². The Kier molecular flexibility index (Phi) is 10.9. The number of methoxy groups -OCH3 is 1. The van der Waals surface area contributed by atoms with E-state index in [9.17, 15) is 9.59 Å². The number of carboxylic acid groups (broad SMARTS) is 1.